The monoisotopic (exact) mass is 249 g/mol. The Morgan fingerprint density at radius 1 is 1.25 bits per heavy atom. The molecular formula is C13H15NS2. The molecule has 0 spiro atoms. The molecule has 0 fully saturated rings. The second-order valence-corrected chi connectivity index (χ2v) is 5.41. The molecule has 1 aromatic carbocycles. The number of aryl methyl sites for hydroxylation is 1. The van der Waals surface area contributed by atoms with Gasteiger partial charge in [0.25, 0.3) is 0 Å². The maximum absolute atomic E-state index is 5.08. The van der Waals surface area contributed by atoms with Crippen molar-refractivity contribution in [3.05, 3.63) is 39.2 Å². The minimum Gasteiger partial charge on any atom is -0.337 e. The smallest absolute Gasteiger partial charge is 0.158 e. The molecule has 1 nitrogen and oxygen atoms in total. The van der Waals surface area contributed by atoms with Crippen LogP contribution in [0, 0.1) is 3.95 Å². The van der Waals surface area contributed by atoms with Crippen LogP contribution in [0.1, 0.15) is 25.3 Å². The third-order valence-electron chi connectivity index (χ3n) is 2.60. The lowest BCUT2D eigenvalue weighted by Crippen LogP contribution is -1.84. The third-order valence-corrected chi connectivity index (χ3v) is 3.66. The zero-order valence-electron chi connectivity index (χ0n) is 9.32. The van der Waals surface area contributed by atoms with E-state index in [2.05, 4.69) is 41.6 Å². The van der Waals surface area contributed by atoms with Crippen molar-refractivity contribution >= 4 is 23.6 Å². The lowest BCUT2D eigenvalue weighted by atomic mass is 10.1. The number of aromatic nitrogens is 1. The second-order valence-electron chi connectivity index (χ2n) is 3.86. The SMILES string of the molecule is CCCCc1ccc(-c2csc(=S)[nH]2)cc1. The first kappa shape index (κ1) is 11.6. The van der Waals surface area contributed by atoms with E-state index in [9.17, 15) is 0 Å². The van der Waals surface area contributed by atoms with Gasteiger partial charge in [0.05, 0.1) is 5.69 Å². The Kier molecular flexibility index (Phi) is 3.91. The Bertz CT molecular complexity index is 493. The van der Waals surface area contributed by atoms with Crippen molar-refractivity contribution in [2.45, 2.75) is 26.2 Å². The fourth-order valence-electron chi connectivity index (χ4n) is 1.65. The molecule has 2 aromatic rings. The Balaban J connectivity index is 2.16. The van der Waals surface area contributed by atoms with E-state index in [1.54, 1.807) is 11.3 Å². The molecule has 3 heteroatoms. The van der Waals surface area contributed by atoms with E-state index in [4.69, 9.17) is 12.2 Å². The maximum Gasteiger partial charge on any atom is 0.158 e. The van der Waals surface area contributed by atoms with Gasteiger partial charge in [-0.15, -0.1) is 11.3 Å². The summed E-state index contributed by atoms with van der Waals surface area (Å²) >= 11 is 6.66. The highest BCUT2D eigenvalue weighted by atomic mass is 32.1. The summed E-state index contributed by atoms with van der Waals surface area (Å²) in [6, 6.07) is 8.75. The summed E-state index contributed by atoms with van der Waals surface area (Å²) in [5, 5.41) is 2.07. The number of aromatic amines is 1. The molecule has 0 saturated carbocycles. The second kappa shape index (κ2) is 5.41. The van der Waals surface area contributed by atoms with Crippen LogP contribution in [0.5, 0.6) is 0 Å². The van der Waals surface area contributed by atoms with Crippen molar-refractivity contribution in [3.8, 4) is 11.3 Å². The standard InChI is InChI=1S/C13H15NS2/c1-2-3-4-10-5-7-11(8-6-10)12-9-16-13(15)14-12/h5-9H,2-4H2,1H3,(H,14,15). The topological polar surface area (TPSA) is 15.8 Å². The average Bonchev–Trinajstić information content (AvgIpc) is 2.74. The molecule has 0 aliphatic rings. The molecule has 1 heterocycles. The van der Waals surface area contributed by atoms with Gasteiger partial charge in [0.15, 0.2) is 3.95 Å². The predicted octanol–water partition coefficient (Wildman–Crippen LogP) is 4.82. The van der Waals surface area contributed by atoms with Crippen LogP contribution < -0.4 is 0 Å². The number of hydrogen-bond donors (Lipinski definition) is 1. The van der Waals surface area contributed by atoms with E-state index < -0.39 is 0 Å². The average molecular weight is 249 g/mol. The molecule has 0 amide bonds. The molecule has 0 bridgehead atoms. The van der Waals surface area contributed by atoms with Crippen LogP contribution >= 0.6 is 23.6 Å². The number of unbranched alkanes of at least 4 members (excludes halogenated alkanes) is 1. The zero-order chi connectivity index (χ0) is 11.4. The quantitative estimate of drug-likeness (QED) is 0.768. The fourth-order valence-corrected chi connectivity index (χ4v) is 2.50. The molecular weight excluding hydrogens is 234 g/mol. The lowest BCUT2D eigenvalue weighted by molar-refractivity contribution is 0.795. The molecule has 16 heavy (non-hydrogen) atoms. The summed E-state index contributed by atoms with van der Waals surface area (Å²) in [4.78, 5) is 3.19. The van der Waals surface area contributed by atoms with Gasteiger partial charge in [-0.3, -0.25) is 0 Å². The summed E-state index contributed by atoms with van der Waals surface area (Å²) in [6.07, 6.45) is 3.69. The summed E-state index contributed by atoms with van der Waals surface area (Å²) < 4.78 is 0.838. The Labute approximate surface area is 105 Å². The largest absolute Gasteiger partial charge is 0.337 e. The van der Waals surface area contributed by atoms with Crippen LogP contribution in [-0.4, -0.2) is 4.98 Å². The van der Waals surface area contributed by atoms with Crippen LogP contribution in [-0.2, 0) is 6.42 Å². The number of nitrogens with one attached hydrogen (secondary N) is 1. The van der Waals surface area contributed by atoms with Gasteiger partial charge >= 0.3 is 0 Å². The normalized spacial score (nSPS) is 10.6. The van der Waals surface area contributed by atoms with Crippen molar-refractivity contribution in [1.29, 1.82) is 0 Å². The molecule has 1 N–H and O–H groups in total. The predicted molar refractivity (Wildman–Crippen MR) is 73.6 cm³/mol. The van der Waals surface area contributed by atoms with Gasteiger partial charge in [-0.05, 0) is 36.2 Å². The first-order valence-corrected chi connectivity index (χ1v) is 6.85. The number of hydrogen-bond acceptors (Lipinski definition) is 2. The van der Waals surface area contributed by atoms with Gasteiger partial charge in [-0.25, -0.2) is 0 Å². The molecule has 0 saturated heterocycles. The van der Waals surface area contributed by atoms with E-state index in [0.717, 1.165) is 9.65 Å². The molecule has 0 aliphatic heterocycles. The highest BCUT2D eigenvalue weighted by molar-refractivity contribution is 7.73. The van der Waals surface area contributed by atoms with E-state index in [1.165, 1.54) is 30.4 Å². The molecule has 0 radical (unpaired) electrons. The van der Waals surface area contributed by atoms with E-state index in [1.807, 2.05) is 0 Å². The van der Waals surface area contributed by atoms with Crippen molar-refractivity contribution in [1.82, 2.24) is 4.98 Å². The Hall–Kier alpha value is -0.930. The van der Waals surface area contributed by atoms with Crippen LogP contribution in [0.2, 0.25) is 0 Å². The number of rotatable bonds is 4. The number of thiazole rings is 1. The van der Waals surface area contributed by atoms with Gasteiger partial charge in [-0.1, -0.05) is 37.6 Å². The number of benzene rings is 1. The summed E-state index contributed by atoms with van der Waals surface area (Å²) in [7, 11) is 0. The number of H-pyrrole nitrogens is 1. The van der Waals surface area contributed by atoms with Gasteiger partial charge in [0.1, 0.15) is 0 Å². The Morgan fingerprint density at radius 2 is 2.00 bits per heavy atom. The van der Waals surface area contributed by atoms with E-state index in [-0.39, 0.29) is 0 Å². The maximum atomic E-state index is 5.08. The van der Waals surface area contributed by atoms with Crippen LogP contribution in [0.4, 0.5) is 0 Å². The van der Waals surface area contributed by atoms with Gasteiger partial charge in [0, 0.05) is 5.38 Å². The summed E-state index contributed by atoms with van der Waals surface area (Å²) in [6.45, 7) is 2.22. The van der Waals surface area contributed by atoms with Crippen LogP contribution in [0.25, 0.3) is 11.3 Å². The first-order chi connectivity index (χ1) is 7.79. The lowest BCUT2D eigenvalue weighted by Gasteiger charge is -2.01. The molecule has 84 valence electrons. The van der Waals surface area contributed by atoms with Crippen molar-refractivity contribution in [2.24, 2.45) is 0 Å². The van der Waals surface area contributed by atoms with Crippen molar-refractivity contribution in [2.75, 3.05) is 0 Å². The first-order valence-electron chi connectivity index (χ1n) is 5.56. The minimum atomic E-state index is 0.838. The van der Waals surface area contributed by atoms with Gasteiger partial charge in [-0.2, -0.15) is 0 Å². The van der Waals surface area contributed by atoms with Gasteiger partial charge < -0.3 is 4.98 Å². The molecule has 2 rings (SSSR count). The molecule has 0 atom stereocenters. The van der Waals surface area contributed by atoms with Crippen molar-refractivity contribution < 1.29 is 0 Å². The highest BCUT2D eigenvalue weighted by Crippen LogP contribution is 2.20. The van der Waals surface area contributed by atoms with E-state index >= 15 is 0 Å². The molecule has 0 unspecified atom stereocenters. The third kappa shape index (κ3) is 2.80. The Morgan fingerprint density at radius 3 is 2.56 bits per heavy atom. The minimum absolute atomic E-state index is 0.838. The highest BCUT2D eigenvalue weighted by Gasteiger charge is 1.99. The van der Waals surface area contributed by atoms with Crippen LogP contribution in [0.3, 0.4) is 0 Å². The molecule has 1 aromatic heterocycles. The molecule has 0 aliphatic carbocycles. The van der Waals surface area contributed by atoms with Gasteiger partial charge in [0.2, 0.25) is 0 Å². The summed E-state index contributed by atoms with van der Waals surface area (Å²) in [5.74, 6) is 0. The zero-order valence-corrected chi connectivity index (χ0v) is 11.0. The van der Waals surface area contributed by atoms with Crippen molar-refractivity contribution in [3.63, 3.8) is 0 Å². The summed E-state index contributed by atoms with van der Waals surface area (Å²) in [5.41, 5.74) is 3.75. The van der Waals surface area contributed by atoms with Crippen LogP contribution in [0.15, 0.2) is 29.6 Å². The fraction of sp³-hybridized carbons (Fsp3) is 0.308. The van der Waals surface area contributed by atoms with E-state index in [0.29, 0.717) is 0 Å².